The van der Waals surface area contributed by atoms with Crippen molar-refractivity contribution in [2.75, 3.05) is 26.1 Å². The lowest BCUT2D eigenvalue weighted by Crippen LogP contribution is -2.22. The molecule has 0 aliphatic carbocycles. The van der Waals surface area contributed by atoms with Crippen molar-refractivity contribution in [3.8, 4) is 17.2 Å². The molecule has 150 valence electrons. The zero-order valence-electron chi connectivity index (χ0n) is 15.7. The van der Waals surface area contributed by atoms with Gasteiger partial charge in [0.2, 0.25) is 0 Å². The van der Waals surface area contributed by atoms with E-state index in [2.05, 4.69) is 10.3 Å². The second kappa shape index (κ2) is 8.87. The molecule has 0 bridgehead atoms. The number of ether oxygens (including phenoxy) is 3. The van der Waals surface area contributed by atoms with Crippen molar-refractivity contribution < 1.29 is 28.2 Å². The van der Waals surface area contributed by atoms with Crippen LogP contribution < -0.4 is 14.8 Å². The Morgan fingerprint density at radius 1 is 1.07 bits per heavy atom. The second-order valence-corrected chi connectivity index (χ2v) is 5.85. The summed E-state index contributed by atoms with van der Waals surface area (Å²) in [4.78, 5) is 28.4. The first-order valence-corrected chi connectivity index (χ1v) is 8.48. The van der Waals surface area contributed by atoms with Gasteiger partial charge in [-0.25, -0.2) is 14.2 Å². The molecule has 0 aliphatic rings. The maximum Gasteiger partial charge on any atom is 0.357 e. The number of anilines is 1. The third-order valence-electron chi connectivity index (χ3n) is 3.92. The Morgan fingerprint density at radius 3 is 2.34 bits per heavy atom. The molecule has 0 unspecified atom stereocenters. The molecule has 0 radical (unpaired) electrons. The smallest absolute Gasteiger partial charge is 0.357 e. The van der Waals surface area contributed by atoms with E-state index in [1.54, 1.807) is 18.2 Å². The summed E-state index contributed by atoms with van der Waals surface area (Å²) in [5.41, 5.74) is 1.06. The van der Waals surface area contributed by atoms with Crippen LogP contribution in [0.5, 0.6) is 11.5 Å². The van der Waals surface area contributed by atoms with Crippen molar-refractivity contribution in [2.24, 2.45) is 0 Å². The highest BCUT2D eigenvalue weighted by Crippen LogP contribution is 2.25. The summed E-state index contributed by atoms with van der Waals surface area (Å²) in [6.45, 7) is -0.507. The number of methoxy groups -OCH3 is 2. The van der Waals surface area contributed by atoms with Gasteiger partial charge in [0, 0.05) is 29.6 Å². The topological polar surface area (TPSA) is 91.7 Å². The molecule has 0 saturated heterocycles. The average molecular weight is 399 g/mol. The Bertz CT molecular complexity index is 995. The van der Waals surface area contributed by atoms with Crippen LogP contribution in [-0.2, 0) is 9.53 Å². The number of rotatable bonds is 7. The van der Waals surface area contributed by atoms with Crippen molar-refractivity contribution in [3.63, 3.8) is 0 Å². The van der Waals surface area contributed by atoms with Crippen molar-refractivity contribution in [3.05, 3.63) is 66.5 Å². The van der Waals surface area contributed by atoms with Crippen LogP contribution in [0.4, 0.5) is 10.1 Å². The minimum atomic E-state index is -0.745. The number of hydrogen-bond acceptors (Lipinski definition) is 6. The molecular weight excluding hydrogens is 381 g/mol. The van der Waals surface area contributed by atoms with Gasteiger partial charge in [0.15, 0.2) is 12.3 Å². The zero-order valence-corrected chi connectivity index (χ0v) is 15.7. The van der Waals surface area contributed by atoms with Gasteiger partial charge in [-0.15, -0.1) is 0 Å². The maximum atomic E-state index is 13.1. The molecule has 0 saturated carbocycles. The lowest BCUT2D eigenvalue weighted by Gasteiger charge is -2.11. The van der Waals surface area contributed by atoms with Gasteiger partial charge in [0.1, 0.15) is 17.3 Å². The summed E-state index contributed by atoms with van der Waals surface area (Å²) in [6, 6.07) is 10.4. The van der Waals surface area contributed by atoms with Gasteiger partial charge in [0.25, 0.3) is 5.91 Å². The first-order valence-electron chi connectivity index (χ1n) is 8.48. The zero-order chi connectivity index (χ0) is 20.8. The first kappa shape index (κ1) is 19.9. The first-order chi connectivity index (χ1) is 14.0. The highest BCUT2D eigenvalue weighted by atomic mass is 19.1. The fourth-order valence-corrected chi connectivity index (χ4v) is 2.54. The number of amides is 1. The van der Waals surface area contributed by atoms with E-state index in [9.17, 15) is 14.0 Å². The van der Waals surface area contributed by atoms with Crippen LogP contribution in [0, 0.1) is 5.82 Å². The summed E-state index contributed by atoms with van der Waals surface area (Å²) >= 11 is 0. The van der Waals surface area contributed by atoms with Crippen LogP contribution >= 0.6 is 0 Å². The maximum absolute atomic E-state index is 13.1. The summed E-state index contributed by atoms with van der Waals surface area (Å²) in [7, 11) is 2.98. The van der Waals surface area contributed by atoms with E-state index in [1.807, 2.05) is 0 Å². The average Bonchev–Trinajstić information content (AvgIpc) is 3.22. The summed E-state index contributed by atoms with van der Waals surface area (Å²) in [5, 5.41) is 2.60. The van der Waals surface area contributed by atoms with Crippen molar-refractivity contribution in [1.82, 2.24) is 9.55 Å². The number of carbonyl (C=O) groups excluding carboxylic acids is 2. The molecule has 0 atom stereocenters. The Hall–Kier alpha value is -3.88. The predicted octanol–water partition coefficient (Wildman–Crippen LogP) is 2.82. The minimum absolute atomic E-state index is 0.104. The van der Waals surface area contributed by atoms with E-state index in [1.165, 1.54) is 55.6 Å². The van der Waals surface area contributed by atoms with E-state index in [0.29, 0.717) is 22.9 Å². The highest BCUT2D eigenvalue weighted by molar-refractivity contribution is 5.95. The summed E-state index contributed by atoms with van der Waals surface area (Å²) in [5.74, 6) is -0.685. The molecule has 1 N–H and O–H groups in total. The number of aromatic nitrogens is 2. The van der Waals surface area contributed by atoms with Gasteiger partial charge in [-0.2, -0.15) is 0 Å². The molecule has 0 spiro atoms. The fraction of sp³-hybridized carbons (Fsp3) is 0.150. The lowest BCUT2D eigenvalue weighted by molar-refractivity contribution is -0.119. The highest BCUT2D eigenvalue weighted by Gasteiger charge is 2.16. The standard InChI is InChI=1S/C20H18FN3O5/c1-27-16-7-14(8-17(9-16)28-2)23-19(25)11-29-20(26)18-10-22-12-24(18)15-5-3-13(21)4-6-15/h3-10,12H,11H2,1-2H3,(H,23,25). The molecule has 1 amide bonds. The summed E-state index contributed by atoms with van der Waals surface area (Å²) in [6.07, 6.45) is 2.70. The quantitative estimate of drug-likeness (QED) is 0.615. The van der Waals surface area contributed by atoms with E-state index in [4.69, 9.17) is 14.2 Å². The van der Waals surface area contributed by atoms with Gasteiger partial charge >= 0.3 is 5.97 Å². The van der Waals surface area contributed by atoms with Crippen LogP contribution in [0.25, 0.3) is 5.69 Å². The van der Waals surface area contributed by atoms with E-state index in [-0.39, 0.29) is 5.69 Å². The molecular formula is C20H18FN3O5. The molecule has 1 heterocycles. The molecule has 0 aliphatic heterocycles. The number of nitrogens with one attached hydrogen (secondary N) is 1. The number of carbonyl (C=O) groups is 2. The van der Waals surface area contributed by atoms with Crippen molar-refractivity contribution in [1.29, 1.82) is 0 Å². The van der Waals surface area contributed by atoms with Gasteiger partial charge in [0.05, 0.1) is 26.7 Å². The normalized spacial score (nSPS) is 10.3. The van der Waals surface area contributed by atoms with Crippen LogP contribution in [0.1, 0.15) is 10.5 Å². The van der Waals surface area contributed by atoms with Crippen LogP contribution in [0.3, 0.4) is 0 Å². The van der Waals surface area contributed by atoms with Crippen molar-refractivity contribution >= 4 is 17.6 Å². The minimum Gasteiger partial charge on any atom is -0.497 e. The number of imidazole rings is 1. The van der Waals surface area contributed by atoms with Crippen LogP contribution in [-0.4, -0.2) is 42.3 Å². The molecule has 3 aromatic rings. The number of benzene rings is 2. The number of esters is 1. The molecule has 9 heteroatoms. The molecule has 2 aromatic carbocycles. The van der Waals surface area contributed by atoms with Gasteiger partial charge in [-0.1, -0.05) is 0 Å². The largest absolute Gasteiger partial charge is 0.497 e. The molecule has 8 nitrogen and oxygen atoms in total. The molecule has 0 fully saturated rings. The lowest BCUT2D eigenvalue weighted by atomic mass is 10.2. The fourth-order valence-electron chi connectivity index (χ4n) is 2.54. The van der Waals surface area contributed by atoms with E-state index < -0.39 is 24.3 Å². The molecule has 1 aromatic heterocycles. The van der Waals surface area contributed by atoms with E-state index >= 15 is 0 Å². The van der Waals surface area contributed by atoms with Gasteiger partial charge < -0.3 is 19.5 Å². The number of hydrogen-bond donors (Lipinski definition) is 1. The van der Waals surface area contributed by atoms with Crippen molar-refractivity contribution in [2.45, 2.75) is 0 Å². The Labute approximate surface area is 165 Å². The Kier molecular flexibility index (Phi) is 6.08. The van der Waals surface area contributed by atoms with Gasteiger partial charge in [-0.3, -0.25) is 9.36 Å². The molecule has 29 heavy (non-hydrogen) atoms. The molecule has 3 rings (SSSR count). The Morgan fingerprint density at radius 2 is 1.72 bits per heavy atom. The number of nitrogens with zero attached hydrogens (tertiary/aromatic N) is 2. The SMILES string of the molecule is COc1cc(NC(=O)COC(=O)c2cncn2-c2ccc(F)cc2)cc(OC)c1. The third-order valence-corrected chi connectivity index (χ3v) is 3.92. The van der Waals surface area contributed by atoms with Crippen LogP contribution in [0.2, 0.25) is 0 Å². The summed E-state index contributed by atoms with van der Waals surface area (Å²) < 4.78 is 29.9. The van der Waals surface area contributed by atoms with Gasteiger partial charge in [-0.05, 0) is 24.3 Å². The monoisotopic (exact) mass is 399 g/mol. The Balaban J connectivity index is 1.64. The third kappa shape index (κ3) is 4.89. The number of halogens is 1. The van der Waals surface area contributed by atoms with Crippen LogP contribution in [0.15, 0.2) is 55.0 Å². The van der Waals surface area contributed by atoms with E-state index in [0.717, 1.165) is 0 Å². The predicted molar refractivity (Wildman–Crippen MR) is 102 cm³/mol. The second-order valence-electron chi connectivity index (χ2n) is 5.85.